The summed E-state index contributed by atoms with van der Waals surface area (Å²) in [7, 11) is 0. The molecule has 0 saturated carbocycles. The zero-order valence-corrected chi connectivity index (χ0v) is 23.6. The predicted octanol–water partition coefficient (Wildman–Crippen LogP) is 2.77. The van der Waals surface area contributed by atoms with E-state index < -0.39 is 35.1 Å². The number of aliphatic hydroxyl groups excluding tert-OH is 1. The number of carbonyl (C=O) groups excluding carboxylic acids is 3. The van der Waals surface area contributed by atoms with Crippen LogP contribution in [-0.4, -0.2) is 86.6 Å². The number of carbonyl (C=O) groups is 3. The Labute approximate surface area is 231 Å². The highest BCUT2D eigenvalue weighted by Gasteiger charge is 2.75. The molecule has 210 valence electrons. The summed E-state index contributed by atoms with van der Waals surface area (Å²) in [5.74, 6) is -2.14. The Kier molecular flexibility index (Phi) is 7.22. The van der Waals surface area contributed by atoms with E-state index in [-0.39, 0.29) is 36.3 Å². The van der Waals surface area contributed by atoms with Gasteiger partial charge in [-0.1, -0.05) is 68.5 Å². The van der Waals surface area contributed by atoms with Crippen molar-refractivity contribution >= 4 is 17.7 Å². The number of likely N-dealkylation sites (tertiary alicyclic amines) is 1. The summed E-state index contributed by atoms with van der Waals surface area (Å²) >= 11 is 0. The Balaban J connectivity index is 1.62. The molecule has 0 bridgehead atoms. The van der Waals surface area contributed by atoms with Crippen LogP contribution in [0.25, 0.3) is 0 Å². The molecule has 2 fully saturated rings. The van der Waals surface area contributed by atoms with Gasteiger partial charge in [-0.05, 0) is 38.7 Å². The normalized spacial score (nSPS) is 33.0. The molecule has 3 amide bonds. The van der Waals surface area contributed by atoms with E-state index in [4.69, 9.17) is 4.74 Å². The van der Waals surface area contributed by atoms with Gasteiger partial charge in [0.1, 0.15) is 11.6 Å². The molecule has 1 N–H and O–H groups in total. The number of hydrogen-bond acceptors (Lipinski definition) is 5. The average Bonchev–Trinajstić information content (AvgIpc) is 3.16. The number of rotatable bonds is 7. The van der Waals surface area contributed by atoms with Gasteiger partial charge in [-0.3, -0.25) is 14.4 Å². The van der Waals surface area contributed by atoms with Crippen molar-refractivity contribution in [3.63, 3.8) is 0 Å². The number of fused-ring (bicyclic) bond motifs is 2. The van der Waals surface area contributed by atoms with Gasteiger partial charge in [-0.2, -0.15) is 0 Å². The average molecular weight is 536 g/mol. The number of ether oxygens (including phenoxy) is 1. The number of aliphatic hydroxyl groups is 1. The molecule has 5 rings (SSSR count). The summed E-state index contributed by atoms with van der Waals surface area (Å²) in [6.07, 6.45) is 8.16. The van der Waals surface area contributed by atoms with Gasteiger partial charge in [0.15, 0.2) is 0 Å². The van der Waals surface area contributed by atoms with Crippen LogP contribution >= 0.6 is 0 Å². The Hall–Kier alpha value is -2.97. The van der Waals surface area contributed by atoms with Gasteiger partial charge in [0.05, 0.1) is 30.1 Å². The molecule has 8 heteroatoms. The maximum Gasteiger partial charge on any atom is 0.249 e. The molecule has 1 spiro atoms. The van der Waals surface area contributed by atoms with Crippen LogP contribution < -0.4 is 0 Å². The third-order valence-electron chi connectivity index (χ3n) is 8.80. The topological polar surface area (TPSA) is 90.4 Å². The molecule has 4 aliphatic heterocycles. The highest BCUT2D eigenvalue weighted by molar-refractivity contribution is 6.00. The molecular formula is C31H41N3O5. The van der Waals surface area contributed by atoms with Crippen molar-refractivity contribution in [3.8, 4) is 0 Å². The quantitative estimate of drug-likeness (QED) is 0.543. The summed E-state index contributed by atoms with van der Waals surface area (Å²) in [6.45, 7) is 10.8. The van der Waals surface area contributed by atoms with E-state index in [1.54, 1.807) is 14.7 Å². The first-order chi connectivity index (χ1) is 18.5. The number of amides is 3. The Bertz CT molecular complexity index is 1180. The summed E-state index contributed by atoms with van der Waals surface area (Å²) < 4.78 is 6.88. The largest absolute Gasteiger partial charge is 0.394 e. The van der Waals surface area contributed by atoms with Crippen molar-refractivity contribution in [1.82, 2.24) is 14.7 Å². The Morgan fingerprint density at radius 1 is 0.949 bits per heavy atom. The van der Waals surface area contributed by atoms with Gasteiger partial charge in [0, 0.05) is 25.7 Å². The van der Waals surface area contributed by atoms with Gasteiger partial charge in [-0.25, -0.2) is 0 Å². The Morgan fingerprint density at radius 3 is 2.28 bits per heavy atom. The van der Waals surface area contributed by atoms with E-state index in [1.807, 2.05) is 89.3 Å². The number of hydrogen-bond donors (Lipinski definition) is 1. The molecule has 0 radical (unpaired) electrons. The van der Waals surface area contributed by atoms with Crippen molar-refractivity contribution < 1.29 is 24.2 Å². The van der Waals surface area contributed by atoms with Crippen LogP contribution in [0.5, 0.6) is 0 Å². The fourth-order valence-corrected chi connectivity index (χ4v) is 7.15. The molecule has 4 aliphatic rings. The fraction of sp³-hybridized carbons (Fsp3) is 0.581. The molecule has 1 aromatic carbocycles. The maximum atomic E-state index is 14.5. The lowest BCUT2D eigenvalue weighted by Gasteiger charge is -2.41. The van der Waals surface area contributed by atoms with Crippen molar-refractivity contribution in [2.75, 3.05) is 19.7 Å². The van der Waals surface area contributed by atoms with Crippen molar-refractivity contribution in [3.05, 3.63) is 60.2 Å². The first-order valence-corrected chi connectivity index (χ1v) is 14.2. The molecule has 2 saturated heterocycles. The molecule has 0 aliphatic carbocycles. The minimum atomic E-state index is -1.31. The van der Waals surface area contributed by atoms with Gasteiger partial charge >= 0.3 is 0 Å². The van der Waals surface area contributed by atoms with Crippen molar-refractivity contribution in [2.45, 2.75) is 76.9 Å². The lowest BCUT2D eigenvalue weighted by atomic mass is 9.74. The minimum Gasteiger partial charge on any atom is -0.394 e. The van der Waals surface area contributed by atoms with Gasteiger partial charge in [0.25, 0.3) is 0 Å². The molecule has 6 atom stereocenters. The summed E-state index contributed by atoms with van der Waals surface area (Å²) in [5, 5.41) is 10.5. The third kappa shape index (κ3) is 4.42. The second-order valence-electron chi connectivity index (χ2n) is 12.3. The van der Waals surface area contributed by atoms with Crippen molar-refractivity contribution in [1.29, 1.82) is 0 Å². The predicted molar refractivity (Wildman–Crippen MR) is 147 cm³/mol. The standard InChI is InChI=1S/C31H41N3O5/c1-20(2)17-23(19-35)34-26-29(38)33(21(3)4)16-10-14-31(26)25(28(34)37)24-27(36)32(15-9-13-30(24,5)39-31)18-22-11-7-6-8-12-22/h6-14,20-21,23-26,35H,15-19H2,1-5H3/t23-,24+,25+,26?,30-,31+/m1/s1. The van der Waals surface area contributed by atoms with E-state index in [1.165, 1.54) is 0 Å². The first kappa shape index (κ1) is 27.6. The highest BCUT2D eigenvalue weighted by atomic mass is 16.5. The maximum absolute atomic E-state index is 14.5. The molecule has 8 nitrogen and oxygen atoms in total. The fourth-order valence-electron chi connectivity index (χ4n) is 7.15. The lowest BCUT2D eigenvalue weighted by Crippen LogP contribution is -2.59. The zero-order valence-electron chi connectivity index (χ0n) is 23.6. The van der Waals surface area contributed by atoms with Crippen LogP contribution in [-0.2, 0) is 25.7 Å². The molecule has 39 heavy (non-hydrogen) atoms. The van der Waals surface area contributed by atoms with Crippen LogP contribution in [0.4, 0.5) is 0 Å². The third-order valence-corrected chi connectivity index (χ3v) is 8.80. The second kappa shape index (κ2) is 10.2. The van der Waals surface area contributed by atoms with E-state index in [2.05, 4.69) is 0 Å². The lowest BCUT2D eigenvalue weighted by molar-refractivity contribution is -0.157. The highest BCUT2D eigenvalue weighted by Crippen LogP contribution is 2.58. The van der Waals surface area contributed by atoms with Crippen LogP contribution in [0.2, 0.25) is 0 Å². The summed E-state index contributed by atoms with van der Waals surface area (Å²) in [6, 6.07) is 8.20. The SMILES string of the molecule is CC(C)C[C@H](CO)N1C(=O)[C@@H]2[C@H]3C(=O)N(Cc4ccccc4)CC=C[C@@]3(C)O[C@@]23C=CCN(C(C)C)C(=O)C13. The van der Waals surface area contributed by atoms with Gasteiger partial charge in [0.2, 0.25) is 17.7 Å². The van der Waals surface area contributed by atoms with Crippen LogP contribution in [0, 0.1) is 17.8 Å². The van der Waals surface area contributed by atoms with E-state index in [0.717, 1.165) is 5.56 Å². The van der Waals surface area contributed by atoms with Gasteiger partial charge < -0.3 is 24.5 Å². The first-order valence-electron chi connectivity index (χ1n) is 14.2. The smallest absolute Gasteiger partial charge is 0.249 e. The molecule has 4 heterocycles. The van der Waals surface area contributed by atoms with E-state index >= 15 is 0 Å². The Morgan fingerprint density at radius 2 is 1.64 bits per heavy atom. The monoisotopic (exact) mass is 535 g/mol. The molecule has 1 unspecified atom stereocenters. The zero-order chi connectivity index (χ0) is 28.1. The summed E-state index contributed by atoms with van der Waals surface area (Å²) in [4.78, 5) is 48.2. The van der Waals surface area contributed by atoms with Crippen LogP contribution in [0.15, 0.2) is 54.6 Å². The van der Waals surface area contributed by atoms with Crippen molar-refractivity contribution in [2.24, 2.45) is 17.8 Å². The molecule has 0 aromatic heterocycles. The molecule has 1 aromatic rings. The van der Waals surface area contributed by atoms with Crippen LogP contribution in [0.3, 0.4) is 0 Å². The molecular weight excluding hydrogens is 494 g/mol. The number of benzene rings is 1. The summed E-state index contributed by atoms with van der Waals surface area (Å²) in [5.41, 5.74) is -1.36. The van der Waals surface area contributed by atoms with E-state index in [0.29, 0.717) is 26.1 Å². The second-order valence-corrected chi connectivity index (χ2v) is 12.3. The van der Waals surface area contributed by atoms with E-state index in [9.17, 15) is 19.5 Å². The van der Waals surface area contributed by atoms with Crippen LogP contribution in [0.1, 0.15) is 46.6 Å². The minimum absolute atomic E-state index is 0.0867. The van der Waals surface area contributed by atoms with Gasteiger partial charge in [-0.15, -0.1) is 0 Å². The number of nitrogens with zero attached hydrogens (tertiary/aromatic N) is 3.